The molecule has 2 nitrogen and oxygen atoms in total. The van der Waals surface area contributed by atoms with E-state index in [1.807, 2.05) is 6.92 Å². The van der Waals surface area contributed by atoms with Gasteiger partial charge in [-0.05, 0) is 33.6 Å². The first kappa shape index (κ1) is 14.4. The van der Waals surface area contributed by atoms with Crippen LogP contribution in [0.25, 0.3) is 0 Å². The average molecular weight is 275 g/mol. The highest BCUT2D eigenvalue weighted by Crippen LogP contribution is 2.06. The highest BCUT2D eigenvalue weighted by molar-refractivity contribution is 9.09. The van der Waals surface area contributed by atoms with Crippen molar-refractivity contribution in [2.45, 2.75) is 33.6 Å². The normalized spacial score (nSPS) is 11.1. The second-order valence-corrected chi connectivity index (χ2v) is 4.46. The predicted molar refractivity (Wildman–Crippen MR) is 67.2 cm³/mol. The second-order valence-electron chi connectivity index (χ2n) is 3.67. The molecule has 0 bridgehead atoms. The first-order chi connectivity index (χ1) is 7.06. The first-order valence-electron chi connectivity index (χ1n) is 5.09. The first-order valence-corrected chi connectivity index (χ1v) is 6.21. The van der Waals surface area contributed by atoms with Crippen LogP contribution >= 0.6 is 15.9 Å². The zero-order valence-corrected chi connectivity index (χ0v) is 11.3. The smallest absolute Gasteiger partial charge is 0.330 e. The summed E-state index contributed by atoms with van der Waals surface area (Å²) in [5, 5.41) is 0.684. The third-order valence-electron chi connectivity index (χ3n) is 1.78. The van der Waals surface area contributed by atoms with Gasteiger partial charge < -0.3 is 4.74 Å². The van der Waals surface area contributed by atoms with Crippen LogP contribution < -0.4 is 0 Å². The molecule has 0 aliphatic rings. The summed E-state index contributed by atoms with van der Waals surface area (Å²) in [6.45, 7) is 6.53. The fourth-order valence-electron chi connectivity index (χ4n) is 1.04. The Morgan fingerprint density at radius 3 is 2.53 bits per heavy atom. The zero-order chi connectivity index (χ0) is 11.7. The van der Waals surface area contributed by atoms with Crippen LogP contribution in [-0.4, -0.2) is 17.9 Å². The summed E-state index contributed by atoms with van der Waals surface area (Å²) in [4.78, 5) is 11.2. The molecule has 0 unspecified atom stereocenters. The SMILES string of the molecule is CC(C)=CCC/C(C)=C/C(=O)OCCBr. The molecule has 15 heavy (non-hydrogen) atoms. The maximum Gasteiger partial charge on any atom is 0.330 e. The molecule has 0 amide bonds. The minimum atomic E-state index is -0.246. The van der Waals surface area contributed by atoms with Gasteiger partial charge in [-0.3, -0.25) is 0 Å². The summed E-state index contributed by atoms with van der Waals surface area (Å²) >= 11 is 3.20. The molecule has 0 aromatic carbocycles. The van der Waals surface area contributed by atoms with E-state index < -0.39 is 0 Å². The lowest BCUT2D eigenvalue weighted by molar-refractivity contribution is -0.137. The molecular formula is C12H19BrO2. The summed E-state index contributed by atoms with van der Waals surface area (Å²) in [5.41, 5.74) is 2.37. The topological polar surface area (TPSA) is 26.3 Å². The van der Waals surface area contributed by atoms with Gasteiger partial charge in [0.05, 0.1) is 0 Å². The van der Waals surface area contributed by atoms with Gasteiger partial charge in [0.15, 0.2) is 0 Å². The number of ether oxygens (including phenoxy) is 1. The van der Waals surface area contributed by atoms with Crippen molar-refractivity contribution >= 4 is 21.9 Å². The molecule has 0 aromatic rings. The van der Waals surface area contributed by atoms with Crippen molar-refractivity contribution in [1.82, 2.24) is 0 Å². The largest absolute Gasteiger partial charge is 0.462 e. The number of esters is 1. The number of alkyl halides is 1. The van der Waals surface area contributed by atoms with Gasteiger partial charge in [0, 0.05) is 11.4 Å². The number of carbonyl (C=O) groups is 1. The third kappa shape index (κ3) is 9.73. The zero-order valence-electron chi connectivity index (χ0n) is 9.68. The van der Waals surface area contributed by atoms with Crippen molar-refractivity contribution in [2.24, 2.45) is 0 Å². The minimum Gasteiger partial charge on any atom is -0.462 e. The lowest BCUT2D eigenvalue weighted by Gasteiger charge is -2.00. The lowest BCUT2D eigenvalue weighted by atomic mass is 10.1. The molecule has 3 heteroatoms. The molecule has 0 fully saturated rings. The van der Waals surface area contributed by atoms with E-state index in [-0.39, 0.29) is 5.97 Å². The van der Waals surface area contributed by atoms with E-state index in [1.54, 1.807) is 6.08 Å². The Balaban J connectivity index is 3.87. The number of carbonyl (C=O) groups excluding carboxylic acids is 1. The molecule has 0 heterocycles. The van der Waals surface area contributed by atoms with Gasteiger partial charge in [0.25, 0.3) is 0 Å². The Labute approximate surface area is 101 Å². The highest BCUT2D eigenvalue weighted by atomic mass is 79.9. The van der Waals surface area contributed by atoms with E-state index in [1.165, 1.54) is 5.57 Å². The monoisotopic (exact) mass is 274 g/mol. The highest BCUT2D eigenvalue weighted by Gasteiger charge is 1.98. The van der Waals surface area contributed by atoms with E-state index in [9.17, 15) is 4.79 Å². The molecule has 0 radical (unpaired) electrons. The number of rotatable bonds is 6. The molecule has 0 aromatic heterocycles. The number of halogens is 1. The maximum absolute atomic E-state index is 11.2. The molecule has 0 rings (SSSR count). The van der Waals surface area contributed by atoms with E-state index >= 15 is 0 Å². The third-order valence-corrected chi connectivity index (χ3v) is 2.10. The second kappa shape index (κ2) is 8.72. The Bertz CT molecular complexity index is 250. The summed E-state index contributed by atoms with van der Waals surface area (Å²) < 4.78 is 4.91. The van der Waals surface area contributed by atoms with Crippen LogP contribution in [0, 0.1) is 0 Å². The van der Waals surface area contributed by atoms with Crippen LogP contribution in [0.3, 0.4) is 0 Å². The van der Waals surface area contributed by atoms with Crippen molar-refractivity contribution in [3.8, 4) is 0 Å². The van der Waals surface area contributed by atoms with Crippen LogP contribution in [0.4, 0.5) is 0 Å². The molecule has 0 aliphatic heterocycles. The molecule has 0 spiro atoms. The lowest BCUT2D eigenvalue weighted by Crippen LogP contribution is -2.03. The molecule has 0 aliphatic carbocycles. The summed E-state index contributed by atoms with van der Waals surface area (Å²) in [7, 11) is 0. The summed E-state index contributed by atoms with van der Waals surface area (Å²) in [5.74, 6) is -0.246. The van der Waals surface area contributed by atoms with Gasteiger partial charge in [0.1, 0.15) is 6.61 Å². The predicted octanol–water partition coefficient (Wildman–Crippen LogP) is 3.62. The molecule has 0 atom stereocenters. The van der Waals surface area contributed by atoms with Crippen molar-refractivity contribution in [3.63, 3.8) is 0 Å². The van der Waals surface area contributed by atoms with Gasteiger partial charge in [-0.25, -0.2) is 4.79 Å². The van der Waals surface area contributed by atoms with Crippen LogP contribution in [0.15, 0.2) is 23.3 Å². The van der Waals surface area contributed by atoms with E-state index in [0.29, 0.717) is 11.9 Å². The Hall–Kier alpha value is -0.570. The fourth-order valence-corrected chi connectivity index (χ4v) is 1.20. The van der Waals surface area contributed by atoms with Gasteiger partial charge in [0.2, 0.25) is 0 Å². The van der Waals surface area contributed by atoms with Gasteiger partial charge in [-0.2, -0.15) is 0 Å². The molecule has 86 valence electrons. The minimum absolute atomic E-state index is 0.246. The van der Waals surface area contributed by atoms with Crippen molar-refractivity contribution < 1.29 is 9.53 Å². The molecule has 0 saturated carbocycles. The fraction of sp³-hybridized carbons (Fsp3) is 0.583. The quantitative estimate of drug-likeness (QED) is 0.320. The van der Waals surface area contributed by atoms with Gasteiger partial charge in [-0.1, -0.05) is 33.2 Å². The maximum atomic E-state index is 11.2. The summed E-state index contributed by atoms with van der Waals surface area (Å²) in [6, 6.07) is 0. The number of hydrogen-bond acceptors (Lipinski definition) is 2. The molecular weight excluding hydrogens is 256 g/mol. The molecule has 0 N–H and O–H groups in total. The standard InChI is InChI=1S/C12H19BrO2/c1-10(2)5-4-6-11(3)9-12(14)15-8-7-13/h5,9H,4,6-8H2,1-3H3/b11-9+. The van der Waals surface area contributed by atoms with Gasteiger partial charge in [-0.15, -0.1) is 0 Å². The van der Waals surface area contributed by atoms with E-state index in [0.717, 1.165) is 18.4 Å². The summed E-state index contributed by atoms with van der Waals surface area (Å²) in [6.07, 6.45) is 5.63. The number of allylic oxidation sites excluding steroid dienone is 3. The number of hydrogen-bond donors (Lipinski definition) is 0. The van der Waals surface area contributed by atoms with Gasteiger partial charge >= 0.3 is 5.97 Å². The van der Waals surface area contributed by atoms with Crippen molar-refractivity contribution in [2.75, 3.05) is 11.9 Å². The average Bonchev–Trinajstić information content (AvgIpc) is 2.14. The van der Waals surface area contributed by atoms with Crippen LogP contribution in [0.5, 0.6) is 0 Å². The van der Waals surface area contributed by atoms with Crippen LogP contribution in [-0.2, 0) is 9.53 Å². The van der Waals surface area contributed by atoms with Crippen molar-refractivity contribution in [1.29, 1.82) is 0 Å². The van der Waals surface area contributed by atoms with Crippen molar-refractivity contribution in [3.05, 3.63) is 23.3 Å². The Morgan fingerprint density at radius 1 is 1.33 bits per heavy atom. The van der Waals surface area contributed by atoms with E-state index in [4.69, 9.17) is 4.74 Å². The van der Waals surface area contributed by atoms with Crippen LogP contribution in [0.2, 0.25) is 0 Å². The van der Waals surface area contributed by atoms with E-state index in [2.05, 4.69) is 35.9 Å². The molecule has 0 saturated heterocycles. The van der Waals surface area contributed by atoms with Crippen LogP contribution in [0.1, 0.15) is 33.6 Å². The Morgan fingerprint density at radius 2 is 2.00 bits per heavy atom. The Kier molecular flexibility index (Phi) is 8.38.